The molecule has 33 heavy (non-hydrogen) atoms. The van der Waals surface area contributed by atoms with E-state index in [1.807, 2.05) is 0 Å². The monoisotopic (exact) mass is 464 g/mol. The molecule has 4 aliphatic carbocycles. The minimum absolute atomic E-state index is 0.0669. The van der Waals surface area contributed by atoms with Crippen LogP contribution in [0.4, 0.5) is 0 Å². The zero-order chi connectivity index (χ0) is 24.1. The van der Waals surface area contributed by atoms with Crippen LogP contribution in [0.25, 0.3) is 0 Å². The third-order valence-electron chi connectivity index (χ3n) is 10.8. The molecular weight excluding hydrogens is 420 g/mol. The number of hydrogen-bond acceptors (Lipinski definition) is 6. The van der Waals surface area contributed by atoms with E-state index in [2.05, 4.69) is 20.8 Å². The van der Waals surface area contributed by atoms with Crippen molar-refractivity contribution in [1.29, 1.82) is 0 Å². The number of carbonyl (C=O) groups is 2. The number of hydrogen-bond donors (Lipinski definition) is 2. The highest BCUT2D eigenvalue weighted by molar-refractivity contribution is 5.69. The normalized spacial score (nSPS) is 47.6. The molecule has 0 aromatic rings. The van der Waals surface area contributed by atoms with Crippen LogP contribution in [0, 0.1) is 46.3 Å². The largest absolute Gasteiger partial charge is 0.469 e. The molecule has 0 aromatic carbocycles. The summed E-state index contributed by atoms with van der Waals surface area (Å²) >= 11 is 0. The van der Waals surface area contributed by atoms with Crippen LogP contribution in [0.15, 0.2) is 0 Å². The van der Waals surface area contributed by atoms with Crippen molar-refractivity contribution in [2.75, 3.05) is 7.11 Å². The minimum atomic E-state index is -0.405. The Morgan fingerprint density at radius 3 is 2.45 bits per heavy atom. The first-order valence-corrected chi connectivity index (χ1v) is 13.1. The Morgan fingerprint density at radius 1 is 1.06 bits per heavy atom. The first-order valence-electron chi connectivity index (χ1n) is 13.1. The van der Waals surface area contributed by atoms with Crippen molar-refractivity contribution in [2.24, 2.45) is 46.3 Å². The number of methoxy groups -OCH3 is 1. The van der Waals surface area contributed by atoms with Gasteiger partial charge in [0, 0.05) is 19.3 Å². The van der Waals surface area contributed by atoms with Gasteiger partial charge in [0.2, 0.25) is 0 Å². The van der Waals surface area contributed by atoms with Gasteiger partial charge in [-0.05, 0) is 91.8 Å². The van der Waals surface area contributed by atoms with E-state index in [0.29, 0.717) is 36.0 Å². The lowest BCUT2D eigenvalue weighted by atomic mass is 9.43. The van der Waals surface area contributed by atoms with E-state index < -0.39 is 6.10 Å². The summed E-state index contributed by atoms with van der Waals surface area (Å²) < 4.78 is 10.9. The summed E-state index contributed by atoms with van der Waals surface area (Å²) in [6.07, 6.45) is 6.54. The van der Waals surface area contributed by atoms with Crippen molar-refractivity contribution in [2.45, 2.75) is 104 Å². The lowest BCUT2D eigenvalue weighted by Gasteiger charge is -2.63. The Labute approximate surface area is 198 Å². The lowest BCUT2D eigenvalue weighted by Crippen LogP contribution is -2.62. The number of ether oxygens (including phenoxy) is 2. The van der Waals surface area contributed by atoms with E-state index in [1.54, 1.807) is 0 Å². The zero-order valence-electron chi connectivity index (χ0n) is 21.1. The molecule has 0 heterocycles. The third kappa shape index (κ3) is 4.13. The Kier molecular flexibility index (Phi) is 6.92. The van der Waals surface area contributed by atoms with Gasteiger partial charge in [0.25, 0.3) is 0 Å². The van der Waals surface area contributed by atoms with Crippen LogP contribution in [0.3, 0.4) is 0 Å². The molecule has 4 saturated carbocycles. The van der Waals surface area contributed by atoms with Crippen molar-refractivity contribution in [3.05, 3.63) is 0 Å². The van der Waals surface area contributed by atoms with Crippen LogP contribution in [0.1, 0.15) is 85.5 Å². The quantitative estimate of drug-likeness (QED) is 0.595. The highest BCUT2D eigenvalue weighted by Gasteiger charge is 2.66. The summed E-state index contributed by atoms with van der Waals surface area (Å²) in [6.45, 7) is 8.34. The van der Waals surface area contributed by atoms with Gasteiger partial charge < -0.3 is 19.7 Å². The maximum Gasteiger partial charge on any atom is 0.305 e. The fraction of sp³-hybridized carbons (Fsp3) is 0.926. The summed E-state index contributed by atoms with van der Waals surface area (Å²) in [5.74, 6) is 1.40. The molecule has 6 heteroatoms. The van der Waals surface area contributed by atoms with E-state index in [1.165, 1.54) is 14.0 Å². The number of aliphatic hydroxyl groups excluding tert-OH is 2. The summed E-state index contributed by atoms with van der Waals surface area (Å²) in [5, 5.41) is 22.1. The Balaban J connectivity index is 1.64. The van der Waals surface area contributed by atoms with Gasteiger partial charge in [-0.3, -0.25) is 9.59 Å². The first kappa shape index (κ1) is 25.0. The number of fused-ring (bicyclic) bond motifs is 5. The van der Waals surface area contributed by atoms with Crippen LogP contribution in [0.5, 0.6) is 0 Å². The summed E-state index contributed by atoms with van der Waals surface area (Å²) in [7, 11) is 1.43. The Hall–Kier alpha value is -1.14. The van der Waals surface area contributed by atoms with Crippen molar-refractivity contribution >= 4 is 11.9 Å². The number of esters is 2. The molecular formula is C27H44O6. The standard InChI is InChI=1S/C27H44O6/c1-15(6-9-24(31)32-5)19-7-8-20-25-21(14-23(30)27(19,20)4)26(3)11-10-18(29)12-17(26)13-22(25)33-16(2)28/h15,17-23,25,29-30H,6-14H2,1-5H3/t15-,17-,18+,19-,20+,21+,22-,23+,25+,26+,27-/m1/s1. The van der Waals surface area contributed by atoms with Gasteiger partial charge in [0.15, 0.2) is 0 Å². The van der Waals surface area contributed by atoms with Crippen LogP contribution in [-0.2, 0) is 19.1 Å². The van der Waals surface area contributed by atoms with Crippen molar-refractivity contribution in [3.8, 4) is 0 Å². The van der Waals surface area contributed by atoms with Crippen LogP contribution < -0.4 is 0 Å². The molecule has 4 aliphatic rings. The Morgan fingerprint density at radius 2 is 1.79 bits per heavy atom. The van der Waals surface area contributed by atoms with Crippen molar-refractivity contribution in [1.82, 2.24) is 0 Å². The highest BCUT2D eigenvalue weighted by atomic mass is 16.5. The van der Waals surface area contributed by atoms with Crippen LogP contribution in [-0.4, -0.2) is 47.6 Å². The topological polar surface area (TPSA) is 93.1 Å². The van der Waals surface area contributed by atoms with Crippen molar-refractivity contribution < 1.29 is 29.3 Å². The minimum Gasteiger partial charge on any atom is -0.469 e. The van der Waals surface area contributed by atoms with Gasteiger partial charge in [0.05, 0.1) is 19.3 Å². The maximum atomic E-state index is 12.1. The van der Waals surface area contributed by atoms with Gasteiger partial charge >= 0.3 is 11.9 Å². The second-order valence-electron chi connectivity index (χ2n) is 12.2. The summed E-state index contributed by atoms with van der Waals surface area (Å²) in [5.41, 5.74) is -0.177. The first-order chi connectivity index (χ1) is 15.5. The van der Waals surface area contributed by atoms with Gasteiger partial charge in [-0.25, -0.2) is 0 Å². The molecule has 0 amide bonds. The molecule has 0 aliphatic heterocycles. The molecule has 11 atom stereocenters. The molecule has 0 bridgehead atoms. The lowest BCUT2D eigenvalue weighted by molar-refractivity contribution is -0.216. The van der Waals surface area contributed by atoms with E-state index in [4.69, 9.17) is 9.47 Å². The predicted molar refractivity (Wildman–Crippen MR) is 124 cm³/mol. The van der Waals surface area contributed by atoms with Gasteiger partial charge in [-0.2, -0.15) is 0 Å². The SMILES string of the molecule is COC(=O)CC[C@@H](C)[C@H]1CC[C@H]2[C@@H]3[C@H](OC(C)=O)C[C@H]4C[C@@H](O)CC[C@]4(C)[C@H]3C[C@H](O)[C@]12C. The molecule has 188 valence electrons. The molecule has 6 nitrogen and oxygen atoms in total. The molecule has 0 saturated heterocycles. The molecule has 2 N–H and O–H groups in total. The summed E-state index contributed by atoms with van der Waals surface area (Å²) in [6, 6.07) is 0. The van der Waals surface area contributed by atoms with E-state index in [0.717, 1.165) is 51.4 Å². The van der Waals surface area contributed by atoms with Gasteiger partial charge in [-0.15, -0.1) is 0 Å². The fourth-order valence-electron chi connectivity index (χ4n) is 9.09. The predicted octanol–water partition coefficient (Wildman–Crippen LogP) is 4.11. The second-order valence-corrected chi connectivity index (χ2v) is 12.2. The molecule has 0 aromatic heterocycles. The summed E-state index contributed by atoms with van der Waals surface area (Å²) in [4.78, 5) is 23.9. The highest BCUT2D eigenvalue weighted by Crippen LogP contribution is 2.68. The fourth-order valence-corrected chi connectivity index (χ4v) is 9.09. The van der Waals surface area contributed by atoms with E-state index >= 15 is 0 Å². The van der Waals surface area contributed by atoms with Crippen molar-refractivity contribution in [3.63, 3.8) is 0 Å². The second kappa shape index (κ2) is 9.14. The van der Waals surface area contributed by atoms with E-state index in [-0.39, 0.29) is 40.9 Å². The molecule has 4 rings (SSSR count). The van der Waals surface area contributed by atoms with Gasteiger partial charge in [-0.1, -0.05) is 20.8 Å². The smallest absolute Gasteiger partial charge is 0.305 e. The van der Waals surface area contributed by atoms with Crippen LogP contribution in [0.2, 0.25) is 0 Å². The molecule has 0 spiro atoms. The molecule has 0 radical (unpaired) electrons. The van der Waals surface area contributed by atoms with E-state index in [9.17, 15) is 19.8 Å². The average Bonchev–Trinajstić information content (AvgIpc) is 3.11. The zero-order valence-corrected chi connectivity index (χ0v) is 21.1. The number of aliphatic hydroxyl groups is 2. The van der Waals surface area contributed by atoms with Gasteiger partial charge in [0.1, 0.15) is 6.10 Å². The molecule has 0 unspecified atom stereocenters. The molecule has 4 fully saturated rings. The number of carbonyl (C=O) groups excluding carboxylic acids is 2. The Bertz CT molecular complexity index is 753. The average molecular weight is 465 g/mol. The van der Waals surface area contributed by atoms with Crippen LogP contribution >= 0.6 is 0 Å². The number of rotatable bonds is 5. The third-order valence-corrected chi connectivity index (χ3v) is 10.8. The maximum absolute atomic E-state index is 12.1.